The van der Waals surface area contributed by atoms with Crippen molar-refractivity contribution in [1.29, 1.82) is 0 Å². The maximum atomic E-state index is 5.25. The number of hydrogen-bond donors (Lipinski definition) is 0. The second-order valence-corrected chi connectivity index (χ2v) is 3.95. The van der Waals surface area contributed by atoms with Gasteiger partial charge in [0.15, 0.2) is 17.8 Å². The van der Waals surface area contributed by atoms with Crippen molar-refractivity contribution in [3.63, 3.8) is 0 Å². The first-order valence-electron chi connectivity index (χ1n) is 5.93. The average Bonchev–Trinajstić information content (AvgIpc) is 2.45. The van der Waals surface area contributed by atoms with E-state index in [1.54, 1.807) is 28.4 Å². The summed E-state index contributed by atoms with van der Waals surface area (Å²) in [5.41, 5.74) is 1.82. The molecule has 5 heteroatoms. The van der Waals surface area contributed by atoms with Gasteiger partial charge in [-0.1, -0.05) is 6.07 Å². The van der Waals surface area contributed by atoms with Crippen LogP contribution in [0.2, 0.25) is 0 Å². The van der Waals surface area contributed by atoms with E-state index < -0.39 is 6.29 Å². The van der Waals surface area contributed by atoms with Gasteiger partial charge in [-0.15, -0.1) is 0 Å². The molecule has 0 N–H and O–H groups in total. The van der Waals surface area contributed by atoms with E-state index in [0.717, 1.165) is 11.3 Å². The lowest BCUT2D eigenvalue weighted by molar-refractivity contribution is -0.0524. The molecule has 1 aromatic carbocycles. The molecule has 0 saturated heterocycles. The van der Waals surface area contributed by atoms with E-state index in [-0.39, 0.29) is 0 Å². The quantitative estimate of drug-likeness (QED) is 0.562. The van der Waals surface area contributed by atoms with Gasteiger partial charge in [-0.25, -0.2) is 0 Å². The van der Waals surface area contributed by atoms with E-state index in [9.17, 15) is 0 Å². The monoisotopic (exact) mass is 267 g/mol. The third-order valence-electron chi connectivity index (χ3n) is 2.73. The second-order valence-electron chi connectivity index (χ2n) is 3.95. The predicted octanol–water partition coefficient (Wildman–Crippen LogP) is 2.28. The maximum absolute atomic E-state index is 5.25. The van der Waals surface area contributed by atoms with Crippen molar-refractivity contribution >= 4 is 5.71 Å². The first-order valence-corrected chi connectivity index (χ1v) is 5.93. The van der Waals surface area contributed by atoms with Crippen molar-refractivity contribution < 1.29 is 18.9 Å². The van der Waals surface area contributed by atoms with Crippen molar-refractivity contribution in [3.8, 4) is 11.5 Å². The predicted molar refractivity (Wildman–Crippen MR) is 74.2 cm³/mol. The van der Waals surface area contributed by atoms with E-state index in [0.29, 0.717) is 18.0 Å². The normalized spacial score (nSPS) is 11.8. The molecular formula is C14H21NO4. The van der Waals surface area contributed by atoms with Crippen LogP contribution in [-0.2, 0) is 16.0 Å². The summed E-state index contributed by atoms with van der Waals surface area (Å²) >= 11 is 0. The van der Waals surface area contributed by atoms with Crippen molar-refractivity contribution in [2.24, 2.45) is 4.99 Å². The van der Waals surface area contributed by atoms with Gasteiger partial charge in [0.05, 0.1) is 26.5 Å². The Bertz CT molecular complexity index is 427. The van der Waals surface area contributed by atoms with Crippen LogP contribution in [0, 0.1) is 0 Å². The zero-order valence-corrected chi connectivity index (χ0v) is 12.1. The SMILES string of the molecule is COc1ccc(CN=C(C)C(OC)OC)cc1OC. The van der Waals surface area contributed by atoms with Gasteiger partial charge in [-0.3, -0.25) is 4.99 Å². The van der Waals surface area contributed by atoms with Gasteiger partial charge in [-0.05, 0) is 24.6 Å². The minimum atomic E-state index is -0.403. The van der Waals surface area contributed by atoms with E-state index in [2.05, 4.69) is 4.99 Å². The molecule has 0 saturated carbocycles. The number of ether oxygens (including phenoxy) is 4. The van der Waals surface area contributed by atoms with Crippen LogP contribution in [0.4, 0.5) is 0 Å². The lowest BCUT2D eigenvalue weighted by Crippen LogP contribution is -2.22. The molecule has 0 bridgehead atoms. The number of rotatable bonds is 7. The van der Waals surface area contributed by atoms with Gasteiger partial charge in [0, 0.05) is 14.2 Å². The Morgan fingerprint density at radius 2 is 1.68 bits per heavy atom. The third kappa shape index (κ3) is 4.22. The van der Waals surface area contributed by atoms with Crippen molar-refractivity contribution in [1.82, 2.24) is 0 Å². The molecule has 5 nitrogen and oxygen atoms in total. The highest BCUT2D eigenvalue weighted by Crippen LogP contribution is 2.27. The van der Waals surface area contributed by atoms with Crippen LogP contribution in [0.3, 0.4) is 0 Å². The summed E-state index contributed by atoms with van der Waals surface area (Å²) in [5.74, 6) is 1.40. The van der Waals surface area contributed by atoms with E-state index >= 15 is 0 Å². The first-order chi connectivity index (χ1) is 9.15. The molecule has 0 aromatic heterocycles. The molecule has 0 aliphatic rings. The Hall–Kier alpha value is -1.59. The van der Waals surface area contributed by atoms with Gasteiger partial charge in [-0.2, -0.15) is 0 Å². The summed E-state index contributed by atoms with van der Waals surface area (Å²) in [7, 11) is 6.40. The Morgan fingerprint density at radius 1 is 1.05 bits per heavy atom. The van der Waals surface area contributed by atoms with Crippen LogP contribution in [0.25, 0.3) is 0 Å². The Morgan fingerprint density at radius 3 is 2.21 bits per heavy atom. The summed E-state index contributed by atoms with van der Waals surface area (Å²) in [4.78, 5) is 4.44. The molecular weight excluding hydrogens is 246 g/mol. The smallest absolute Gasteiger partial charge is 0.195 e. The molecule has 0 atom stereocenters. The number of aliphatic imine (C=N–C) groups is 1. The zero-order valence-electron chi connectivity index (χ0n) is 12.1. The van der Waals surface area contributed by atoms with Gasteiger partial charge < -0.3 is 18.9 Å². The maximum Gasteiger partial charge on any atom is 0.195 e. The van der Waals surface area contributed by atoms with Crippen LogP contribution < -0.4 is 9.47 Å². The highest BCUT2D eigenvalue weighted by Gasteiger charge is 2.09. The number of methoxy groups -OCH3 is 4. The third-order valence-corrected chi connectivity index (χ3v) is 2.73. The van der Waals surface area contributed by atoms with Crippen LogP contribution in [0.15, 0.2) is 23.2 Å². The van der Waals surface area contributed by atoms with Gasteiger partial charge >= 0.3 is 0 Å². The molecule has 1 aromatic rings. The zero-order chi connectivity index (χ0) is 14.3. The highest BCUT2D eigenvalue weighted by molar-refractivity contribution is 5.85. The lowest BCUT2D eigenvalue weighted by atomic mass is 10.2. The fourth-order valence-corrected chi connectivity index (χ4v) is 1.71. The minimum Gasteiger partial charge on any atom is -0.493 e. The van der Waals surface area contributed by atoms with Crippen molar-refractivity contribution in [2.45, 2.75) is 19.8 Å². The summed E-state index contributed by atoms with van der Waals surface area (Å²) in [6, 6.07) is 5.72. The number of hydrogen-bond acceptors (Lipinski definition) is 5. The van der Waals surface area contributed by atoms with Crippen LogP contribution in [-0.4, -0.2) is 40.4 Å². The Balaban J connectivity index is 2.80. The number of benzene rings is 1. The molecule has 0 heterocycles. The summed E-state index contributed by atoms with van der Waals surface area (Å²) in [6.45, 7) is 2.41. The molecule has 0 spiro atoms. The van der Waals surface area contributed by atoms with Crippen molar-refractivity contribution in [3.05, 3.63) is 23.8 Å². The molecule has 0 aliphatic carbocycles. The Labute approximate surface area is 114 Å². The van der Waals surface area contributed by atoms with E-state index in [1.807, 2.05) is 25.1 Å². The molecule has 0 aliphatic heterocycles. The first kappa shape index (κ1) is 15.5. The van der Waals surface area contributed by atoms with Crippen LogP contribution in [0.5, 0.6) is 11.5 Å². The molecule has 106 valence electrons. The van der Waals surface area contributed by atoms with Gasteiger partial charge in [0.25, 0.3) is 0 Å². The summed E-state index contributed by atoms with van der Waals surface area (Å²) in [5, 5.41) is 0. The van der Waals surface area contributed by atoms with Crippen LogP contribution >= 0.6 is 0 Å². The molecule has 0 unspecified atom stereocenters. The molecule has 0 fully saturated rings. The topological polar surface area (TPSA) is 49.3 Å². The molecule has 1 rings (SSSR count). The number of nitrogens with zero attached hydrogens (tertiary/aromatic N) is 1. The van der Waals surface area contributed by atoms with E-state index in [1.165, 1.54) is 0 Å². The highest BCUT2D eigenvalue weighted by atomic mass is 16.7. The largest absolute Gasteiger partial charge is 0.493 e. The average molecular weight is 267 g/mol. The molecule has 0 radical (unpaired) electrons. The van der Waals surface area contributed by atoms with Crippen molar-refractivity contribution in [2.75, 3.05) is 28.4 Å². The molecule has 19 heavy (non-hydrogen) atoms. The standard InChI is InChI=1S/C14H21NO4/c1-10(14(18-4)19-5)15-9-11-6-7-12(16-2)13(8-11)17-3/h6-8,14H,9H2,1-5H3. The lowest BCUT2D eigenvalue weighted by Gasteiger charge is -2.13. The fraction of sp³-hybridized carbons (Fsp3) is 0.500. The van der Waals surface area contributed by atoms with Crippen LogP contribution in [0.1, 0.15) is 12.5 Å². The molecule has 0 amide bonds. The Kier molecular flexibility index (Phi) is 6.32. The van der Waals surface area contributed by atoms with E-state index in [4.69, 9.17) is 18.9 Å². The summed E-state index contributed by atoms with van der Waals surface area (Å²) in [6.07, 6.45) is -0.403. The van der Waals surface area contributed by atoms with Gasteiger partial charge in [0.1, 0.15) is 0 Å². The fourth-order valence-electron chi connectivity index (χ4n) is 1.71. The summed E-state index contributed by atoms with van der Waals surface area (Å²) < 4.78 is 20.7. The van der Waals surface area contributed by atoms with Gasteiger partial charge in [0.2, 0.25) is 0 Å². The second kappa shape index (κ2) is 7.76. The minimum absolute atomic E-state index is 0.403.